The van der Waals surface area contributed by atoms with Crippen molar-refractivity contribution in [1.82, 2.24) is 20.0 Å². The summed E-state index contributed by atoms with van der Waals surface area (Å²) in [7, 11) is 0. The number of hydrogen-bond acceptors (Lipinski definition) is 4. The van der Waals surface area contributed by atoms with Gasteiger partial charge < -0.3 is 10.6 Å². The number of halogens is 2. The smallest absolute Gasteiger partial charge is 0.273 e. The number of carbonyl (C=O) groups excluding carboxylic acids is 2. The number of H-pyrrole nitrogens is 1. The number of carbonyl (C=O) groups is 2. The predicted molar refractivity (Wildman–Crippen MR) is 124 cm³/mol. The van der Waals surface area contributed by atoms with Gasteiger partial charge in [-0.1, -0.05) is 35.3 Å². The fourth-order valence-corrected chi connectivity index (χ4v) is 3.39. The van der Waals surface area contributed by atoms with Gasteiger partial charge in [-0.05, 0) is 49.4 Å². The van der Waals surface area contributed by atoms with Crippen LogP contribution in [0.2, 0.25) is 10.0 Å². The summed E-state index contributed by atoms with van der Waals surface area (Å²) in [6, 6.07) is 15.2. The molecule has 3 N–H and O–H groups in total. The van der Waals surface area contributed by atoms with Crippen LogP contribution in [0.4, 0.5) is 11.4 Å². The zero-order chi connectivity index (χ0) is 22.7. The van der Waals surface area contributed by atoms with E-state index in [1.807, 2.05) is 6.92 Å². The highest BCUT2D eigenvalue weighted by Crippen LogP contribution is 2.28. The van der Waals surface area contributed by atoms with Gasteiger partial charge >= 0.3 is 0 Å². The Morgan fingerprint density at radius 2 is 1.72 bits per heavy atom. The van der Waals surface area contributed by atoms with Gasteiger partial charge in [-0.2, -0.15) is 10.2 Å². The zero-order valence-electron chi connectivity index (χ0n) is 16.9. The van der Waals surface area contributed by atoms with E-state index in [2.05, 4.69) is 25.9 Å². The molecule has 10 heteroatoms. The van der Waals surface area contributed by atoms with Crippen molar-refractivity contribution >= 4 is 46.4 Å². The first-order valence-corrected chi connectivity index (χ1v) is 10.5. The molecule has 0 spiro atoms. The van der Waals surface area contributed by atoms with E-state index in [-0.39, 0.29) is 17.5 Å². The lowest BCUT2D eigenvalue weighted by Gasteiger charge is -2.09. The molecule has 0 aliphatic carbocycles. The maximum Gasteiger partial charge on any atom is 0.273 e. The number of benzene rings is 2. The second kappa shape index (κ2) is 9.25. The molecule has 0 atom stereocenters. The van der Waals surface area contributed by atoms with Gasteiger partial charge in [0.1, 0.15) is 11.4 Å². The molecule has 0 saturated carbocycles. The van der Waals surface area contributed by atoms with E-state index in [0.717, 1.165) is 5.56 Å². The normalized spacial score (nSPS) is 10.7. The number of nitrogens with zero attached hydrogens (tertiary/aromatic N) is 3. The van der Waals surface area contributed by atoms with E-state index in [1.165, 1.54) is 0 Å². The van der Waals surface area contributed by atoms with Crippen molar-refractivity contribution in [3.8, 4) is 11.3 Å². The van der Waals surface area contributed by atoms with Crippen molar-refractivity contribution in [3.63, 3.8) is 0 Å². The van der Waals surface area contributed by atoms with Crippen LogP contribution in [0.3, 0.4) is 0 Å². The topological polar surface area (TPSA) is 105 Å². The van der Waals surface area contributed by atoms with Gasteiger partial charge in [0, 0.05) is 29.7 Å². The number of anilines is 2. The van der Waals surface area contributed by atoms with Crippen LogP contribution >= 0.6 is 23.2 Å². The number of rotatable bonds is 6. The molecule has 4 aromatic rings. The summed E-state index contributed by atoms with van der Waals surface area (Å²) in [5, 5.41) is 17.4. The number of hydrogen-bond donors (Lipinski definition) is 3. The van der Waals surface area contributed by atoms with Gasteiger partial charge in [-0.3, -0.25) is 19.4 Å². The first kappa shape index (κ1) is 21.6. The summed E-state index contributed by atoms with van der Waals surface area (Å²) in [5.74, 6) is -0.663. The lowest BCUT2D eigenvalue weighted by Crippen LogP contribution is -2.17. The van der Waals surface area contributed by atoms with Crippen molar-refractivity contribution in [2.24, 2.45) is 0 Å². The molecule has 0 aliphatic rings. The molecule has 0 radical (unpaired) electrons. The Morgan fingerprint density at radius 3 is 2.44 bits per heavy atom. The SMILES string of the molecule is CCn1nccc1C(=O)Nc1cccc(NC(=O)c2cc(-c3ccc(Cl)c(Cl)c3)n[nH]2)c1. The molecule has 8 nitrogen and oxygen atoms in total. The van der Waals surface area contributed by atoms with E-state index in [4.69, 9.17) is 23.2 Å². The number of nitrogens with one attached hydrogen (secondary N) is 3. The molecule has 2 amide bonds. The summed E-state index contributed by atoms with van der Waals surface area (Å²) in [6.45, 7) is 2.49. The Hall–Kier alpha value is -3.62. The average Bonchev–Trinajstić information content (AvgIpc) is 3.46. The van der Waals surface area contributed by atoms with Gasteiger partial charge in [0.15, 0.2) is 0 Å². The highest BCUT2D eigenvalue weighted by atomic mass is 35.5. The Labute approximate surface area is 193 Å². The molecule has 4 rings (SSSR count). The van der Waals surface area contributed by atoms with Gasteiger partial charge in [-0.15, -0.1) is 0 Å². The molecule has 162 valence electrons. The maximum absolute atomic E-state index is 12.7. The quantitative estimate of drug-likeness (QED) is 0.365. The second-order valence-corrected chi connectivity index (χ2v) is 7.63. The zero-order valence-corrected chi connectivity index (χ0v) is 18.4. The third kappa shape index (κ3) is 4.66. The van der Waals surface area contributed by atoms with Crippen molar-refractivity contribution in [2.75, 3.05) is 10.6 Å². The van der Waals surface area contributed by atoms with E-state index < -0.39 is 0 Å². The Balaban J connectivity index is 1.45. The molecule has 2 aromatic heterocycles. The molecule has 0 bridgehead atoms. The lowest BCUT2D eigenvalue weighted by molar-refractivity contribution is 0.101. The number of aromatic nitrogens is 4. The summed E-state index contributed by atoms with van der Waals surface area (Å²) < 4.78 is 1.60. The van der Waals surface area contributed by atoms with Crippen molar-refractivity contribution < 1.29 is 9.59 Å². The fraction of sp³-hybridized carbons (Fsp3) is 0.0909. The van der Waals surface area contributed by atoms with Crippen LogP contribution in [0.5, 0.6) is 0 Å². The molecular formula is C22H18Cl2N6O2. The van der Waals surface area contributed by atoms with Gasteiger partial charge in [0.05, 0.1) is 15.7 Å². The summed E-state index contributed by atoms with van der Waals surface area (Å²) >= 11 is 12.0. The van der Waals surface area contributed by atoms with Crippen LogP contribution in [0.15, 0.2) is 60.8 Å². The highest BCUT2D eigenvalue weighted by molar-refractivity contribution is 6.42. The monoisotopic (exact) mass is 468 g/mol. The number of aryl methyl sites for hydroxylation is 1. The predicted octanol–water partition coefficient (Wildman–Crippen LogP) is 5.10. The van der Waals surface area contributed by atoms with Crippen LogP contribution in [-0.4, -0.2) is 31.8 Å². The van der Waals surface area contributed by atoms with E-state index in [9.17, 15) is 9.59 Å². The van der Waals surface area contributed by atoms with E-state index in [0.29, 0.717) is 39.4 Å². The first-order valence-electron chi connectivity index (χ1n) is 9.70. The minimum Gasteiger partial charge on any atom is -0.321 e. The second-order valence-electron chi connectivity index (χ2n) is 6.82. The van der Waals surface area contributed by atoms with Gasteiger partial charge in [0.2, 0.25) is 0 Å². The molecule has 0 unspecified atom stereocenters. The van der Waals surface area contributed by atoms with E-state index in [1.54, 1.807) is 65.5 Å². The van der Waals surface area contributed by atoms with Crippen LogP contribution in [0, 0.1) is 0 Å². The molecule has 0 aliphatic heterocycles. The van der Waals surface area contributed by atoms with Crippen LogP contribution < -0.4 is 10.6 Å². The molecule has 32 heavy (non-hydrogen) atoms. The van der Waals surface area contributed by atoms with E-state index >= 15 is 0 Å². The van der Waals surface area contributed by atoms with Crippen LogP contribution in [0.25, 0.3) is 11.3 Å². The number of amides is 2. The third-order valence-electron chi connectivity index (χ3n) is 4.66. The summed E-state index contributed by atoms with van der Waals surface area (Å²) in [5.41, 5.74) is 3.06. The highest BCUT2D eigenvalue weighted by Gasteiger charge is 2.14. The molecular weight excluding hydrogens is 451 g/mol. The minimum absolute atomic E-state index is 0.271. The Bertz CT molecular complexity index is 1300. The minimum atomic E-state index is -0.378. The van der Waals surface area contributed by atoms with Crippen molar-refractivity contribution in [1.29, 1.82) is 0 Å². The van der Waals surface area contributed by atoms with Crippen molar-refractivity contribution in [3.05, 3.63) is 82.2 Å². The summed E-state index contributed by atoms with van der Waals surface area (Å²) in [4.78, 5) is 25.2. The lowest BCUT2D eigenvalue weighted by atomic mass is 10.1. The molecule has 2 aromatic carbocycles. The molecule has 0 saturated heterocycles. The Morgan fingerprint density at radius 1 is 0.969 bits per heavy atom. The first-order chi connectivity index (χ1) is 15.4. The molecule has 0 fully saturated rings. The third-order valence-corrected chi connectivity index (χ3v) is 5.40. The molecule has 2 heterocycles. The maximum atomic E-state index is 12.7. The Kier molecular flexibility index (Phi) is 6.25. The number of aromatic amines is 1. The summed E-state index contributed by atoms with van der Waals surface area (Å²) in [6.07, 6.45) is 1.58. The standard InChI is InChI=1S/C22H18Cl2N6O2/c1-2-30-20(8-9-25-30)22(32)27-15-5-3-4-14(11-15)26-21(31)19-12-18(28-29-19)13-6-7-16(23)17(24)10-13/h3-12H,2H2,1H3,(H,26,31)(H,27,32)(H,28,29). The van der Waals surface area contributed by atoms with Crippen LogP contribution in [0.1, 0.15) is 27.9 Å². The average molecular weight is 469 g/mol. The van der Waals surface area contributed by atoms with Gasteiger partial charge in [-0.25, -0.2) is 0 Å². The fourth-order valence-electron chi connectivity index (χ4n) is 3.09. The van der Waals surface area contributed by atoms with Crippen LogP contribution in [-0.2, 0) is 6.54 Å². The van der Waals surface area contributed by atoms with Gasteiger partial charge in [0.25, 0.3) is 11.8 Å². The van der Waals surface area contributed by atoms with Crippen molar-refractivity contribution in [2.45, 2.75) is 13.5 Å². The largest absolute Gasteiger partial charge is 0.321 e.